The number of hydrogen-bond acceptors (Lipinski definition) is 9. The molecule has 1 aliphatic rings. The maximum absolute atomic E-state index is 13.7. The minimum absolute atomic E-state index is 0.109. The molecule has 0 bridgehead atoms. The van der Waals surface area contributed by atoms with Crippen LogP contribution in [0.4, 0.5) is 5.13 Å². The molecule has 2 amide bonds. The zero-order valence-corrected chi connectivity index (χ0v) is 21.0. The zero-order valence-electron chi connectivity index (χ0n) is 19.4. The van der Waals surface area contributed by atoms with Gasteiger partial charge in [0.1, 0.15) is 16.2 Å². The van der Waals surface area contributed by atoms with Crippen molar-refractivity contribution in [2.75, 3.05) is 18.6 Å². The smallest absolute Gasteiger partial charge is 0.350 e. The summed E-state index contributed by atoms with van der Waals surface area (Å²) >= 11 is 7.09. The van der Waals surface area contributed by atoms with Crippen LogP contribution < -0.4 is 20.8 Å². The van der Waals surface area contributed by atoms with Gasteiger partial charge in [0, 0.05) is 5.02 Å². The molecule has 1 aliphatic heterocycles. The van der Waals surface area contributed by atoms with Crippen molar-refractivity contribution in [2.24, 2.45) is 5.73 Å². The average molecular weight is 540 g/mol. The van der Waals surface area contributed by atoms with Crippen molar-refractivity contribution < 1.29 is 28.3 Å². The van der Waals surface area contributed by atoms with Crippen LogP contribution >= 0.6 is 22.9 Å². The normalized spacial score (nSPS) is 14.6. The van der Waals surface area contributed by atoms with Crippen molar-refractivity contribution in [1.82, 2.24) is 4.98 Å². The van der Waals surface area contributed by atoms with Gasteiger partial charge in [-0.15, -0.1) is 0 Å². The number of carbonyl (C=O) groups is 3. The van der Waals surface area contributed by atoms with Gasteiger partial charge in [-0.05, 0) is 42.8 Å². The fourth-order valence-corrected chi connectivity index (χ4v) is 5.31. The molecular weight excluding hydrogens is 522 g/mol. The number of ether oxygens (including phenoxy) is 2. The number of primary amides is 1. The van der Waals surface area contributed by atoms with Gasteiger partial charge in [0.2, 0.25) is 5.76 Å². The maximum atomic E-state index is 13.7. The summed E-state index contributed by atoms with van der Waals surface area (Å²) in [7, 11) is 1.25. The molecular formula is C25H18ClN3O7S. The number of fused-ring (bicyclic) bond motifs is 2. The number of amides is 2. The molecule has 0 saturated heterocycles. The van der Waals surface area contributed by atoms with Crippen molar-refractivity contribution in [2.45, 2.75) is 13.0 Å². The van der Waals surface area contributed by atoms with E-state index in [1.54, 1.807) is 37.3 Å². The van der Waals surface area contributed by atoms with Crippen LogP contribution in [-0.2, 0) is 9.53 Å². The Morgan fingerprint density at radius 3 is 2.59 bits per heavy atom. The lowest BCUT2D eigenvalue weighted by atomic mass is 9.98. The highest BCUT2D eigenvalue weighted by molar-refractivity contribution is 7.17. The quantitative estimate of drug-likeness (QED) is 0.366. The summed E-state index contributed by atoms with van der Waals surface area (Å²) in [5.74, 6) is -1.57. The number of carbonyl (C=O) groups excluding carboxylic acids is 3. The molecule has 188 valence electrons. The van der Waals surface area contributed by atoms with Gasteiger partial charge in [-0.3, -0.25) is 19.3 Å². The van der Waals surface area contributed by atoms with E-state index < -0.39 is 29.3 Å². The summed E-state index contributed by atoms with van der Waals surface area (Å²) in [5, 5.41) is 0.749. The number of esters is 1. The topological polar surface area (TPSA) is 142 Å². The van der Waals surface area contributed by atoms with Crippen LogP contribution in [0.1, 0.15) is 43.1 Å². The van der Waals surface area contributed by atoms with Crippen molar-refractivity contribution in [1.29, 1.82) is 0 Å². The zero-order chi connectivity index (χ0) is 26.4. The van der Waals surface area contributed by atoms with Crippen LogP contribution in [0, 0.1) is 6.92 Å². The molecule has 12 heteroatoms. The molecule has 0 saturated carbocycles. The first-order valence-electron chi connectivity index (χ1n) is 10.9. The molecule has 0 spiro atoms. The molecule has 10 nitrogen and oxygen atoms in total. The Kier molecular flexibility index (Phi) is 6.18. The fourth-order valence-electron chi connectivity index (χ4n) is 4.13. The van der Waals surface area contributed by atoms with Crippen LogP contribution in [0.15, 0.2) is 51.7 Å². The standard InChI is InChI=1S/C25H18ClN3O7S/c1-11-22(24(33)34-2)37-25(28-11)29-19(12-3-6-14(7-4-12)35-10-17(27)30)18-20(31)15-9-13(26)5-8-16(15)36-21(18)23(29)32/h3-9,19H,10H2,1-2H3,(H2,27,30). The second-order valence-corrected chi connectivity index (χ2v) is 9.53. The predicted molar refractivity (Wildman–Crippen MR) is 135 cm³/mol. The van der Waals surface area contributed by atoms with Gasteiger partial charge in [-0.1, -0.05) is 35.1 Å². The first-order valence-corrected chi connectivity index (χ1v) is 12.1. The summed E-state index contributed by atoms with van der Waals surface area (Å²) in [4.78, 5) is 56.6. The number of nitrogens with two attached hydrogens (primary N) is 1. The summed E-state index contributed by atoms with van der Waals surface area (Å²) in [5.41, 5.74) is 5.95. The van der Waals surface area contributed by atoms with Crippen LogP contribution in [0.5, 0.6) is 5.75 Å². The van der Waals surface area contributed by atoms with Crippen molar-refractivity contribution in [3.05, 3.63) is 85.2 Å². The average Bonchev–Trinajstić information content (AvgIpc) is 3.40. The number of aryl methyl sites for hydroxylation is 1. The lowest BCUT2D eigenvalue weighted by Crippen LogP contribution is -2.29. The molecule has 1 atom stereocenters. The monoisotopic (exact) mass is 539 g/mol. The van der Waals surface area contributed by atoms with E-state index in [2.05, 4.69) is 4.98 Å². The molecule has 0 fully saturated rings. The number of methoxy groups -OCH3 is 1. The number of nitrogens with zero attached hydrogens (tertiary/aromatic N) is 2. The van der Waals surface area contributed by atoms with E-state index in [0.29, 0.717) is 22.0 Å². The van der Waals surface area contributed by atoms with E-state index in [0.717, 1.165) is 11.3 Å². The number of anilines is 1. The SMILES string of the molecule is COC(=O)c1sc(N2C(=O)c3oc4ccc(Cl)cc4c(=O)c3C2c2ccc(OCC(N)=O)cc2)nc1C. The van der Waals surface area contributed by atoms with Crippen LogP contribution in [0.3, 0.4) is 0 Å². The molecule has 5 rings (SSSR count). The molecule has 2 aromatic carbocycles. The highest BCUT2D eigenvalue weighted by Gasteiger charge is 2.45. The molecule has 2 aromatic heterocycles. The number of benzene rings is 2. The lowest BCUT2D eigenvalue weighted by molar-refractivity contribution is -0.119. The predicted octanol–water partition coefficient (Wildman–Crippen LogP) is 3.61. The summed E-state index contributed by atoms with van der Waals surface area (Å²) in [6.07, 6.45) is 0. The second-order valence-electron chi connectivity index (χ2n) is 8.12. The Hall–Kier alpha value is -4.22. The summed E-state index contributed by atoms with van der Waals surface area (Å²) in [6, 6.07) is 10.1. The van der Waals surface area contributed by atoms with E-state index >= 15 is 0 Å². The molecule has 2 N–H and O–H groups in total. The number of aromatic nitrogens is 1. The van der Waals surface area contributed by atoms with E-state index in [1.807, 2.05) is 0 Å². The number of hydrogen-bond donors (Lipinski definition) is 1. The highest BCUT2D eigenvalue weighted by atomic mass is 35.5. The summed E-state index contributed by atoms with van der Waals surface area (Å²) in [6.45, 7) is 1.32. The minimum atomic E-state index is -0.927. The number of rotatable bonds is 6. The Morgan fingerprint density at radius 1 is 1.19 bits per heavy atom. The Balaban J connectivity index is 1.70. The van der Waals surface area contributed by atoms with Crippen molar-refractivity contribution in [3.8, 4) is 5.75 Å². The molecule has 37 heavy (non-hydrogen) atoms. The largest absolute Gasteiger partial charge is 0.484 e. The third-order valence-corrected chi connectivity index (χ3v) is 7.14. The first-order chi connectivity index (χ1) is 17.7. The van der Waals surface area contributed by atoms with E-state index in [4.69, 9.17) is 31.2 Å². The van der Waals surface area contributed by atoms with Crippen LogP contribution in [0.25, 0.3) is 11.0 Å². The molecule has 3 heterocycles. The van der Waals surface area contributed by atoms with Gasteiger partial charge >= 0.3 is 5.97 Å². The Labute approximate surface area is 218 Å². The van der Waals surface area contributed by atoms with Gasteiger partial charge < -0.3 is 19.6 Å². The molecule has 4 aromatic rings. The van der Waals surface area contributed by atoms with Crippen molar-refractivity contribution in [3.63, 3.8) is 0 Å². The fraction of sp³-hybridized carbons (Fsp3) is 0.160. The third-order valence-electron chi connectivity index (χ3n) is 5.77. The van der Waals surface area contributed by atoms with Gasteiger partial charge in [0.05, 0.1) is 29.8 Å². The molecule has 0 aliphatic carbocycles. The van der Waals surface area contributed by atoms with Crippen molar-refractivity contribution >= 4 is 56.8 Å². The first kappa shape index (κ1) is 24.5. The van der Waals surface area contributed by atoms with Gasteiger partial charge in [-0.2, -0.15) is 0 Å². The summed E-state index contributed by atoms with van der Waals surface area (Å²) < 4.78 is 16.1. The van der Waals surface area contributed by atoms with Gasteiger partial charge in [-0.25, -0.2) is 9.78 Å². The van der Waals surface area contributed by atoms with E-state index in [-0.39, 0.29) is 38.9 Å². The van der Waals surface area contributed by atoms with Gasteiger partial charge in [0.25, 0.3) is 11.8 Å². The second kappa shape index (κ2) is 9.34. The number of thiazole rings is 1. The number of halogens is 1. The maximum Gasteiger partial charge on any atom is 0.350 e. The molecule has 1 unspecified atom stereocenters. The van der Waals surface area contributed by atoms with Gasteiger partial charge in [0.15, 0.2) is 17.2 Å². The Bertz CT molecular complexity index is 1640. The van der Waals surface area contributed by atoms with Crippen LogP contribution in [0.2, 0.25) is 5.02 Å². The Morgan fingerprint density at radius 2 is 1.92 bits per heavy atom. The highest BCUT2D eigenvalue weighted by Crippen LogP contribution is 2.43. The van der Waals surface area contributed by atoms with E-state index in [1.165, 1.54) is 24.1 Å². The molecule has 0 radical (unpaired) electrons. The third kappa shape index (κ3) is 4.21. The van der Waals surface area contributed by atoms with Crippen LogP contribution in [-0.4, -0.2) is 36.5 Å². The lowest BCUT2D eigenvalue weighted by Gasteiger charge is -2.22. The minimum Gasteiger partial charge on any atom is -0.484 e. The van der Waals surface area contributed by atoms with E-state index in [9.17, 15) is 19.2 Å².